The van der Waals surface area contributed by atoms with Crippen LogP contribution in [-0.4, -0.2) is 16.2 Å². The van der Waals surface area contributed by atoms with E-state index in [9.17, 15) is 9.18 Å². The van der Waals surface area contributed by atoms with Crippen LogP contribution in [0.25, 0.3) is 0 Å². The lowest BCUT2D eigenvalue weighted by atomic mass is 10.2. The lowest BCUT2D eigenvalue weighted by molar-refractivity contribution is 0.0695. The van der Waals surface area contributed by atoms with E-state index in [-0.39, 0.29) is 10.0 Å². The molecule has 0 heterocycles. The topological polar surface area (TPSA) is 57.5 Å². The lowest BCUT2D eigenvalue weighted by Crippen LogP contribution is -2.00. The molecule has 0 aliphatic heterocycles. The van der Waals surface area contributed by atoms with Crippen molar-refractivity contribution >= 4 is 33.5 Å². The summed E-state index contributed by atoms with van der Waals surface area (Å²) in [4.78, 5) is 10.6. The molecule has 0 bridgehead atoms. The van der Waals surface area contributed by atoms with Gasteiger partial charge in [-0.3, -0.25) is 0 Å². The number of carbonyl (C=O) groups is 1. The minimum absolute atomic E-state index is 0.0136. The summed E-state index contributed by atoms with van der Waals surface area (Å²) in [7, 11) is 0. The Morgan fingerprint density at radius 3 is 2.62 bits per heavy atom. The highest BCUT2D eigenvalue weighted by molar-refractivity contribution is 9.10. The smallest absolute Gasteiger partial charge is 0.338 e. The summed E-state index contributed by atoms with van der Waals surface area (Å²) in [6.45, 7) is 0. The second kappa shape index (κ2) is 3.51. The van der Waals surface area contributed by atoms with E-state index in [2.05, 4.69) is 15.9 Å². The van der Waals surface area contributed by atoms with Gasteiger partial charge in [-0.2, -0.15) is 0 Å². The number of aromatic carboxylic acids is 1. The summed E-state index contributed by atoms with van der Waals surface area (Å²) in [5, 5.41) is 17.1. The monoisotopic (exact) mass is 268 g/mol. The van der Waals surface area contributed by atoms with Crippen molar-refractivity contribution in [2.45, 2.75) is 0 Å². The van der Waals surface area contributed by atoms with Gasteiger partial charge in [0.25, 0.3) is 0 Å². The number of halogens is 3. The van der Waals surface area contributed by atoms with E-state index in [4.69, 9.17) is 21.8 Å². The molecule has 2 N–H and O–H groups in total. The molecule has 6 heteroatoms. The van der Waals surface area contributed by atoms with Crippen LogP contribution in [-0.2, 0) is 0 Å². The molecule has 0 atom stereocenters. The number of phenolic OH excluding ortho intramolecular Hbond substituents is 1. The average molecular weight is 269 g/mol. The van der Waals surface area contributed by atoms with Crippen LogP contribution in [0.2, 0.25) is 5.02 Å². The van der Waals surface area contributed by atoms with E-state index in [1.165, 1.54) is 0 Å². The van der Waals surface area contributed by atoms with E-state index in [1.807, 2.05) is 0 Å². The molecule has 0 amide bonds. The Bertz CT molecular complexity index is 380. The van der Waals surface area contributed by atoms with Gasteiger partial charge in [0, 0.05) is 4.47 Å². The number of rotatable bonds is 1. The van der Waals surface area contributed by atoms with Gasteiger partial charge in [0.15, 0.2) is 11.6 Å². The molecule has 0 unspecified atom stereocenters. The molecule has 1 aromatic carbocycles. The first-order valence-electron chi connectivity index (χ1n) is 3.05. The predicted octanol–water partition coefficient (Wildman–Crippen LogP) is 2.65. The number of phenols is 1. The van der Waals surface area contributed by atoms with Crippen molar-refractivity contribution in [1.29, 1.82) is 0 Å². The van der Waals surface area contributed by atoms with Gasteiger partial charge in [0.2, 0.25) is 0 Å². The Morgan fingerprint density at radius 1 is 1.62 bits per heavy atom. The SMILES string of the molecule is O=C(O)c1c(Br)cc(F)c(O)c1Cl. The van der Waals surface area contributed by atoms with Crippen LogP contribution in [0, 0.1) is 5.82 Å². The van der Waals surface area contributed by atoms with E-state index in [0.29, 0.717) is 0 Å². The largest absolute Gasteiger partial charge is 0.504 e. The third kappa shape index (κ3) is 1.76. The Kier molecular flexibility index (Phi) is 2.77. The van der Waals surface area contributed by atoms with Gasteiger partial charge in [0.1, 0.15) is 5.02 Å². The van der Waals surface area contributed by atoms with E-state index >= 15 is 0 Å². The highest BCUT2D eigenvalue weighted by Crippen LogP contribution is 2.35. The minimum Gasteiger partial charge on any atom is -0.504 e. The molecule has 1 aromatic rings. The van der Waals surface area contributed by atoms with E-state index in [0.717, 1.165) is 6.07 Å². The molecule has 3 nitrogen and oxygen atoms in total. The summed E-state index contributed by atoms with van der Waals surface area (Å²) in [5.74, 6) is -3.17. The zero-order chi connectivity index (χ0) is 10.2. The van der Waals surface area contributed by atoms with Crippen LogP contribution in [0.3, 0.4) is 0 Å². The van der Waals surface area contributed by atoms with Gasteiger partial charge in [-0.05, 0) is 22.0 Å². The second-order valence-electron chi connectivity index (χ2n) is 2.18. The van der Waals surface area contributed by atoms with Crippen molar-refractivity contribution in [2.75, 3.05) is 0 Å². The maximum absolute atomic E-state index is 12.7. The number of carboxylic acid groups (broad SMARTS) is 1. The number of aromatic hydroxyl groups is 1. The highest BCUT2D eigenvalue weighted by atomic mass is 79.9. The van der Waals surface area contributed by atoms with Gasteiger partial charge in [-0.1, -0.05) is 11.6 Å². The fourth-order valence-electron chi connectivity index (χ4n) is 0.776. The number of benzene rings is 1. The van der Waals surface area contributed by atoms with Crippen molar-refractivity contribution in [3.05, 3.63) is 26.9 Å². The molecule has 0 aromatic heterocycles. The Morgan fingerprint density at radius 2 is 2.15 bits per heavy atom. The molecule has 0 saturated heterocycles. The minimum atomic E-state index is -1.34. The zero-order valence-corrected chi connectivity index (χ0v) is 8.36. The maximum atomic E-state index is 12.7. The average Bonchev–Trinajstić information content (AvgIpc) is 1.99. The summed E-state index contributed by atoms with van der Waals surface area (Å²) in [6.07, 6.45) is 0. The molecular weight excluding hydrogens is 266 g/mol. The van der Waals surface area contributed by atoms with Gasteiger partial charge in [-0.15, -0.1) is 0 Å². The van der Waals surface area contributed by atoms with Crippen LogP contribution in [0.15, 0.2) is 10.5 Å². The van der Waals surface area contributed by atoms with Gasteiger partial charge >= 0.3 is 5.97 Å². The van der Waals surface area contributed by atoms with Gasteiger partial charge in [-0.25, -0.2) is 9.18 Å². The fourth-order valence-corrected chi connectivity index (χ4v) is 1.73. The predicted molar refractivity (Wildman–Crippen MR) is 47.7 cm³/mol. The maximum Gasteiger partial charge on any atom is 0.338 e. The van der Waals surface area contributed by atoms with Crippen LogP contribution >= 0.6 is 27.5 Å². The molecule has 0 aliphatic carbocycles. The molecular formula is C7H3BrClFO3. The van der Waals surface area contributed by atoms with Gasteiger partial charge < -0.3 is 10.2 Å². The fraction of sp³-hybridized carbons (Fsp3) is 0. The summed E-state index contributed by atoms with van der Waals surface area (Å²) in [5.41, 5.74) is -0.361. The summed E-state index contributed by atoms with van der Waals surface area (Å²) < 4.78 is 12.7. The lowest BCUT2D eigenvalue weighted by Gasteiger charge is -2.04. The Hall–Kier alpha value is -0.810. The first-order valence-corrected chi connectivity index (χ1v) is 4.22. The van der Waals surface area contributed by atoms with Crippen LogP contribution in [0.5, 0.6) is 5.75 Å². The van der Waals surface area contributed by atoms with Gasteiger partial charge in [0.05, 0.1) is 5.56 Å². The van der Waals surface area contributed by atoms with Crippen LogP contribution < -0.4 is 0 Å². The van der Waals surface area contributed by atoms with Crippen LogP contribution in [0.1, 0.15) is 10.4 Å². The van der Waals surface area contributed by atoms with Crippen molar-refractivity contribution in [3.63, 3.8) is 0 Å². The Balaban J connectivity index is 3.53. The third-order valence-corrected chi connectivity index (χ3v) is 2.35. The summed E-state index contributed by atoms with van der Waals surface area (Å²) in [6, 6.07) is 0.838. The van der Waals surface area contributed by atoms with Crippen molar-refractivity contribution in [1.82, 2.24) is 0 Å². The highest BCUT2D eigenvalue weighted by Gasteiger charge is 2.19. The normalized spacial score (nSPS) is 10.1. The van der Waals surface area contributed by atoms with Crippen LogP contribution in [0.4, 0.5) is 4.39 Å². The van der Waals surface area contributed by atoms with E-state index in [1.54, 1.807) is 0 Å². The second-order valence-corrected chi connectivity index (χ2v) is 3.42. The molecule has 1 rings (SSSR count). The van der Waals surface area contributed by atoms with E-state index < -0.39 is 22.6 Å². The quantitative estimate of drug-likeness (QED) is 0.824. The van der Waals surface area contributed by atoms with Crippen molar-refractivity contribution < 1.29 is 19.4 Å². The van der Waals surface area contributed by atoms with Crippen molar-refractivity contribution in [3.8, 4) is 5.75 Å². The van der Waals surface area contributed by atoms with Crippen molar-refractivity contribution in [2.24, 2.45) is 0 Å². The molecule has 0 spiro atoms. The first kappa shape index (κ1) is 10.3. The molecule has 13 heavy (non-hydrogen) atoms. The standard InChI is InChI=1S/C7H3BrClFO3/c8-2-1-3(10)6(11)5(9)4(2)7(12)13/h1,11H,(H,12,13). The number of carboxylic acids is 1. The number of hydrogen-bond acceptors (Lipinski definition) is 2. The molecule has 0 radical (unpaired) electrons. The molecule has 0 fully saturated rings. The zero-order valence-electron chi connectivity index (χ0n) is 6.01. The molecule has 0 saturated carbocycles. The Labute approximate surface area is 85.9 Å². The third-order valence-electron chi connectivity index (χ3n) is 1.36. The number of hydrogen-bond donors (Lipinski definition) is 2. The first-order chi connectivity index (χ1) is 5.95. The summed E-state index contributed by atoms with van der Waals surface area (Å²) >= 11 is 8.21. The molecule has 70 valence electrons. The molecule has 0 aliphatic rings.